The molecule has 1 aromatic carbocycles. The Hall–Kier alpha value is -2.07. The Labute approximate surface area is 126 Å². The summed E-state index contributed by atoms with van der Waals surface area (Å²) in [6.45, 7) is 8.20. The third-order valence-electron chi connectivity index (χ3n) is 3.65. The summed E-state index contributed by atoms with van der Waals surface area (Å²) >= 11 is 0. The van der Waals surface area contributed by atoms with Crippen molar-refractivity contribution in [3.63, 3.8) is 0 Å². The van der Waals surface area contributed by atoms with E-state index < -0.39 is 5.54 Å². The van der Waals surface area contributed by atoms with Crippen LogP contribution in [-0.2, 0) is 0 Å². The van der Waals surface area contributed by atoms with Crippen molar-refractivity contribution in [2.45, 2.75) is 33.2 Å². The van der Waals surface area contributed by atoms with Crippen LogP contribution in [0.2, 0.25) is 0 Å². The van der Waals surface area contributed by atoms with Crippen LogP contribution in [0.15, 0.2) is 36.4 Å². The van der Waals surface area contributed by atoms with Gasteiger partial charge in [-0.15, -0.1) is 0 Å². The molecule has 0 aliphatic heterocycles. The molecule has 4 heteroatoms. The van der Waals surface area contributed by atoms with Crippen LogP contribution < -0.4 is 11.1 Å². The Kier molecular flexibility index (Phi) is 4.19. The highest BCUT2D eigenvalue weighted by Gasteiger charge is 2.22. The number of benzene rings is 1. The zero-order chi connectivity index (χ0) is 15.6. The highest BCUT2D eigenvalue weighted by molar-refractivity contribution is 5.96. The SMILES string of the molecule is Cc1cc(C(=O)NC(C)(C)CN)c(C)n1-c1ccccc1. The first-order valence-corrected chi connectivity index (χ1v) is 7.12. The minimum absolute atomic E-state index is 0.0827. The fourth-order valence-electron chi connectivity index (χ4n) is 2.39. The third kappa shape index (κ3) is 3.16. The molecule has 0 aliphatic rings. The van der Waals surface area contributed by atoms with E-state index in [-0.39, 0.29) is 5.91 Å². The van der Waals surface area contributed by atoms with Gasteiger partial charge in [0.15, 0.2) is 0 Å². The molecule has 0 spiro atoms. The van der Waals surface area contributed by atoms with E-state index in [2.05, 4.69) is 9.88 Å². The number of aryl methyl sites for hydroxylation is 1. The number of nitrogens with two attached hydrogens (primary N) is 1. The third-order valence-corrected chi connectivity index (χ3v) is 3.65. The number of nitrogens with one attached hydrogen (secondary N) is 1. The first kappa shape index (κ1) is 15.3. The molecule has 2 rings (SSSR count). The van der Waals surface area contributed by atoms with Crippen molar-refractivity contribution < 1.29 is 4.79 Å². The molecule has 1 aromatic heterocycles. The normalized spacial score (nSPS) is 11.5. The molecule has 21 heavy (non-hydrogen) atoms. The van der Waals surface area contributed by atoms with Crippen molar-refractivity contribution in [3.8, 4) is 5.69 Å². The number of carbonyl (C=O) groups is 1. The van der Waals surface area contributed by atoms with Crippen LogP contribution in [0.25, 0.3) is 5.69 Å². The van der Waals surface area contributed by atoms with E-state index in [0.29, 0.717) is 12.1 Å². The largest absolute Gasteiger partial charge is 0.346 e. The van der Waals surface area contributed by atoms with Crippen LogP contribution >= 0.6 is 0 Å². The minimum Gasteiger partial charge on any atom is -0.346 e. The van der Waals surface area contributed by atoms with Crippen molar-refractivity contribution in [1.82, 2.24) is 9.88 Å². The number of hydrogen-bond donors (Lipinski definition) is 2. The maximum atomic E-state index is 12.5. The van der Waals surface area contributed by atoms with Crippen molar-refractivity contribution >= 4 is 5.91 Å². The predicted octanol–water partition coefficient (Wildman–Crippen LogP) is 2.56. The Morgan fingerprint density at radius 1 is 1.24 bits per heavy atom. The summed E-state index contributed by atoms with van der Waals surface area (Å²) in [6.07, 6.45) is 0. The zero-order valence-corrected chi connectivity index (χ0v) is 13.1. The lowest BCUT2D eigenvalue weighted by Crippen LogP contribution is -2.48. The molecule has 0 aliphatic carbocycles. The smallest absolute Gasteiger partial charge is 0.253 e. The summed E-state index contributed by atoms with van der Waals surface area (Å²) in [7, 11) is 0. The number of aromatic nitrogens is 1. The Morgan fingerprint density at radius 2 is 1.86 bits per heavy atom. The van der Waals surface area contributed by atoms with E-state index in [9.17, 15) is 4.79 Å². The highest BCUT2D eigenvalue weighted by atomic mass is 16.1. The summed E-state index contributed by atoms with van der Waals surface area (Å²) in [6, 6.07) is 12.0. The number of rotatable bonds is 4. The first-order chi connectivity index (χ1) is 9.85. The molecule has 0 bridgehead atoms. The predicted molar refractivity (Wildman–Crippen MR) is 85.8 cm³/mol. The van der Waals surface area contributed by atoms with Crippen molar-refractivity contribution in [2.75, 3.05) is 6.54 Å². The van der Waals surface area contributed by atoms with Gasteiger partial charge in [0.2, 0.25) is 0 Å². The summed E-state index contributed by atoms with van der Waals surface area (Å²) in [4.78, 5) is 12.5. The average molecular weight is 285 g/mol. The lowest BCUT2D eigenvalue weighted by Gasteiger charge is -2.24. The molecule has 0 unspecified atom stereocenters. The van der Waals surface area contributed by atoms with Gasteiger partial charge < -0.3 is 15.6 Å². The van der Waals surface area contributed by atoms with Crippen molar-refractivity contribution in [1.29, 1.82) is 0 Å². The van der Waals surface area contributed by atoms with E-state index in [1.54, 1.807) is 0 Å². The van der Waals surface area contributed by atoms with Gasteiger partial charge in [-0.3, -0.25) is 4.79 Å². The number of hydrogen-bond acceptors (Lipinski definition) is 2. The van der Waals surface area contributed by atoms with Crippen molar-refractivity contribution in [2.24, 2.45) is 5.73 Å². The van der Waals surface area contributed by atoms with Gasteiger partial charge >= 0.3 is 0 Å². The van der Waals surface area contributed by atoms with Crippen LogP contribution in [0.1, 0.15) is 35.6 Å². The van der Waals surface area contributed by atoms with Gasteiger partial charge in [-0.25, -0.2) is 0 Å². The molecule has 0 saturated carbocycles. The molecule has 0 saturated heterocycles. The van der Waals surface area contributed by atoms with Gasteiger partial charge in [0.05, 0.1) is 5.56 Å². The fraction of sp³-hybridized carbons (Fsp3) is 0.353. The summed E-state index contributed by atoms with van der Waals surface area (Å²) in [5, 5.41) is 2.98. The van der Waals surface area contributed by atoms with Gasteiger partial charge in [0, 0.05) is 29.2 Å². The summed E-state index contributed by atoms with van der Waals surface area (Å²) in [5.74, 6) is -0.0827. The Morgan fingerprint density at radius 3 is 2.43 bits per heavy atom. The standard InChI is InChI=1S/C17H23N3O/c1-12-10-15(16(21)19-17(3,4)11-18)13(2)20(12)14-8-6-5-7-9-14/h5-10H,11,18H2,1-4H3,(H,19,21). The number of nitrogens with zero attached hydrogens (tertiary/aromatic N) is 1. The number of para-hydroxylation sites is 1. The molecule has 0 fully saturated rings. The second-order valence-electron chi connectivity index (χ2n) is 6.00. The Bertz CT molecular complexity index is 642. The lowest BCUT2D eigenvalue weighted by molar-refractivity contribution is 0.0915. The van der Waals surface area contributed by atoms with E-state index in [4.69, 9.17) is 5.73 Å². The second-order valence-corrected chi connectivity index (χ2v) is 6.00. The van der Waals surface area contributed by atoms with Gasteiger partial charge in [-0.05, 0) is 45.9 Å². The topological polar surface area (TPSA) is 60.1 Å². The number of carbonyl (C=O) groups excluding carboxylic acids is 1. The quantitative estimate of drug-likeness (QED) is 0.907. The summed E-state index contributed by atoms with van der Waals surface area (Å²) < 4.78 is 2.09. The maximum absolute atomic E-state index is 12.5. The number of amides is 1. The minimum atomic E-state index is -0.410. The van der Waals surface area contributed by atoms with Crippen molar-refractivity contribution in [3.05, 3.63) is 53.3 Å². The van der Waals surface area contributed by atoms with Crippen LogP contribution in [0.5, 0.6) is 0 Å². The molecular formula is C17H23N3O. The highest BCUT2D eigenvalue weighted by Crippen LogP contribution is 2.21. The van der Waals surface area contributed by atoms with Gasteiger partial charge in [0.1, 0.15) is 0 Å². The molecule has 2 aromatic rings. The molecule has 1 amide bonds. The monoisotopic (exact) mass is 285 g/mol. The van der Waals surface area contributed by atoms with Crippen LogP contribution in [0, 0.1) is 13.8 Å². The van der Waals surface area contributed by atoms with Gasteiger partial charge in [-0.1, -0.05) is 18.2 Å². The zero-order valence-electron chi connectivity index (χ0n) is 13.1. The van der Waals surface area contributed by atoms with Crippen LogP contribution in [0.3, 0.4) is 0 Å². The Balaban J connectivity index is 2.38. The van der Waals surface area contributed by atoms with E-state index in [1.807, 2.05) is 64.1 Å². The maximum Gasteiger partial charge on any atom is 0.253 e. The fourth-order valence-corrected chi connectivity index (χ4v) is 2.39. The lowest BCUT2D eigenvalue weighted by atomic mass is 10.1. The van der Waals surface area contributed by atoms with Gasteiger partial charge in [0.25, 0.3) is 5.91 Å². The van der Waals surface area contributed by atoms with E-state index in [0.717, 1.165) is 17.1 Å². The van der Waals surface area contributed by atoms with Gasteiger partial charge in [-0.2, -0.15) is 0 Å². The molecule has 1 heterocycles. The molecule has 0 radical (unpaired) electrons. The molecule has 0 atom stereocenters. The first-order valence-electron chi connectivity index (χ1n) is 7.12. The molecule has 4 nitrogen and oxygen atoms in total. The molecule has 3 N–H and O–H groups in total. The van der Waals surface area contributed by atoms with Crippen LogP contribution in [0.4, 0.5) is 0 Å². The average Bonchev–Trinajstić information content (AvgIpc) is 2.74. The van der Waals surface area contributed by atoms with E-state index in [1.165, 1.54) is 0 Å². The molecule has 112 valence electrons. The summed E-state index contributed by atoms with van der Waals surface area (Å²) in [5.41, 5.74) is 8.99. The van der Waals surface area contributed by atoms with E-state index >= 15 is 0 Å². The molecular weight excluding hydrogens is 262 g/mol. The van der Waals surface area contributed by atoms with Crippen LogP contribution in [-0.4, -0.2) is 22.6 Å². The second kappa shape index (κ2) is 5.74.